The van der Waals surface area contributed by atoms with E-state index in [1.54, 1.807) is 29.2 Å². The standard InChI is InChI=1S/C26H29F4N3O5/c1-34-19-8-6-16(21(10-19)36-3)14-33(15-17-7-9-20(35-2)11-22(17)37-4)25-31-13-18(23(32-25)38-5)12-26(29,30)24(27)28/h6-11,13,24H,12,14-15H2,1-5H3. The van der Waals surface area contributed by atoms with Gasteiger partial charge in [-0.3, -0.25) is 0 Å². The van der Waals surface area contributed by atoms with E-state index in [9.17, 15) is 17.6 Å². The summed E-state index contributed by atoms with van der Waals surface area (Å²) < 4.78 is 79.9. The van der Waals surface area contributed by atoms with Crippen LogP contribution in [0, 0.1) is 0 Å². The average molecular weight is 540 g/mol. The zero-order valence-electron chi connectivity index (χ0n) is 21.6. The zero-order chi connectivity index (χ0) is 27.9. The van der Waals surface area contributed by atoms with Crippen molar-refractivity contribution in [2.24, 2.45) is 0 Å². The number of nitrogens with zero attached hydrogens (tertiary/aromatic N) is 3. The zero-order valence-corrected chi connectivity index (χ0v) is 21.6. The van der Waals surface area contributed by atoms with E-state index in [-0.39, 0.29) is 30.5 Å². The highest BCUT2D eigenvalue weighted by atomic mass is 19.3. The van der Waals surface area contributed by atoms with Crippen LogP contribution in [0.15, 0.2) is 42.6 Å². The third-order valence-electron chi connectivity index (χ3n) is 5.74. The topological polar surface area (TPSA) is 75.2 Å². The van der Waals surface area contributed by atoms with Crippen LogP contribution in [-0.2, 0) is 19.5 Å². The maximum Gasteiger partial charge on any atom is 0.311 e. The largest absolute Gasteiger partial charge is 0.497 e. The number of halogens is 4. The summed E-state index contributed by atoms with van der Waals surface area (Å²) in [5.41, 5.74) is 1.25. The normalized spacial score (nSPS) is 11.3. The number of ether oxygens (including phenoxy) is 5. The Morgan fingerprint density at radius 3 is 1.71 bits per heavy atom. The molecular formula is C26H29F4N3O5. The fourth-order valence-corrected chi connectivity index (χ4v) is 3.74. The van der Waals surface area contributed by atoms with Crippen LogP contribution in [0.3, 0.4) is 0 Å². The number of alkyl halides is 4. The Morgan fingerprint density at radius 1 is 0.763 bits per heavy atom. The van der Waals surface area contributed by atoms with Gasteiger partial charge in [-0.25, -0.2) is 13.8 Å². The summed E-state index contributed by atoms with van der Waals surface area (Å²) in [6.45, 7) is 0.441. The molecule has 8 nitrogen and oxygen atoms in total. The molecule has 38 heavy (non-hydrogen) atoms. The molecule has 12 heteroatoms. The van der Waals surface area contributed by atoms with Crippen LogP contribution < -0.4 is 28.6 Å². The van der Waals surface area contributed by atoms with Crippen molar-refractivity contribution < 1.29 is 41.2 Å². The van der Waals surface area contributed by atoms with E-state index in [1.807, 2.05) is 12.1 Å². The second-order valence-corrected chi connectivity index (χ2v) is 8.15. The molecule has 0 aliphatic carbocycles. The molecule has 2 aromatic carbocycles. The van der Waals surface area contributed by atoms with Gasteiger partial charge in [0.15, 0.2) is 0 Å². The van der Waals surface area contributed by atoms with Crippen LogP contribution in [0.2, 0.25) is 0 Å². The fraction of sp³-hybridized carbons (Fsp3) is 0.385. The highest BCUT2D eigenvalue weighted by Crippen LogP contribution is 2.33. The molecule has 0 saturated heterocycles. The SMILES string of the molecule is COc1ccc(CN(Cc2ccc(OC)cc2OC)c2ncc(CC(F)(F)C(F)F)c(OC)n2)c(OC)c1. The Bertz CT molecular complexity index is 1170. The highest BCUT2D eigenvalue weighted by Gasteiger charge is 2.41. The molecular weight excluding hydrogens is 510 g/mol. The van der Waals surface area contributed by atoms with Gasteiger partial charge in [-0.15, -0.1) is 0 Å². The maximum atomic E-state index is 13.8. The van der Waals surface area contributed by atoms with Crippen LogP contribution in [0.1, 0.15) is 16.7 Å². The molecule has 0 N–H and O–H groups in total. The Labute approximate surface area is 218 Å². The maximum absolute atomic E-state index is 13.8. The highest BCUT2D eigenvalue weighted by molar-refractivity contribution is 5.47. The summed E-state index contributed by atoms with van der Waals surface area (Å²) in [7, 11) is 7.34. The number of anilines is 1. The van der Waals surface area contributed by atoms with Crippen LogP contribution in [0.4, 0.5) is 23.5 Å². The third-order valence-corrected chi connectivity index (χ3v) is 5.74. The number of methoxy groups -OCH3 is 5. The van der Waals surface area contributed by atoms with Crippen LogP contribution in [-0.4, -0.2) is 57.9 Å². The number of hydrogen-bond acceptors (Lipinski definition) is 8. The lowest BCUT2D eigenvalue weighted by molar-refractivity contribution is -0.127. The molecule has 1 aromatic heterocycles. The van der Waals surface area contributed by atoms with Gasteiger partial charge in [0.25, 0.3) is 0 Å². The van der Waals surface area contributed by atoms with Crippen molar-refractivity contribution in [3.63, 3.8) is 0 Å². The number of aromatic nitrogens is 2. The smallest absolute Gasteiger partial charge is 0.311 e. The van der Waals surface area contributed by atoms with Crippen molar-refractivity contribution >= 4 is 5.95 Å². The summed E-state index contributed by atoms with van der Waals surface area (Å²) >= 11 is 0. The molecule has 0 aliphatic heterocycles. The predicted molar refractivity (Wildman–Crippen MR) is 132 cm³/mol. The van der Waals surface area contributed by atoms with Gasteiger partial charge in [-0.2, -0.15) is 13.8 Å². The predicted octanol–water partition coefficient (Wildman–Crippen LogP) is 5.17. The molecule has 0 spiro atoms. The molecule has 0 aliphatic rings. The first kappa shape index (κ1) is 28.6. The number of rotatable bonds is 13. The molecule has 0 unspecified atom stereocenters. The van der Waals surface area contributed by atoms with Crippen molar-refractivity contribution in [3.05, 3.63) is 59.3 Å². The van der Waals surface area contributed by atoms with Crippen molar-refractivity contribution in [1.82, 2.24) is 9.97 Å². The Morgan fingerprint density at radius 2 is 1.29 bits per heavy atom. The Kier molecular flexibility index (Phi) is 9.43. The van der Waals surface area contributed by atoms with E-state index in [1.165, 1.54) is 35.5 Å². The molecule has 206 valence electrons. The summed E-state index contributed by atoms with van der Waals surface area (Å²) in [5.74, 6) is -2.12. The molecule has 1 heterocycles. The van der Waals surface area contributed by atoms with Gasteiger partial charge in [0.05, 0.1) is 35.5 Å². The van der Waals surface area contributed by atoms with Gasteiger partial charge in [0, 0.05) is 54.5 Å². The van der Waals surface area contributed by atoms with Gasteiger partial charge in [-0.05, 0) is 24.3 Å². The van der Waals surface area contributed by atoms with Gasteiger partial charge in [0.1, 0.15) is 23.0 Å². The molecule has 0 amide bonds. The molecule has 0 fully saturated rings. The Balaban J connectivity index is 2.05. The third kappa shape index (κ3) is 6.67. The first-order valence-electron chi connectivity index (χ1n) is 11.4. The second-order valence-electron chi connectivity index (χ2n) is 8.15. The van der Waals surface area contributed by atoms with Gasteiger partial charge in [0.2, 0.25) is 11.8 Å². The molecule has 0 radical (unpaired) electrons. The van der Waals surface area contributed by atoms with E-state index >= 15 is 0 Å². The minimum Gasteiger partial charge on any atom is -0.497 e. The minimum atomic E-state index is -4.26. The lowest BCUT2D eigenvalue weighted by Crippen LogP contribution is -2.30. The fourth-order valence-electron chi connectivity index (χ4n) is 3.74. The van der Waals surface area contributed by atoms with E-state index in [4.69, 9.17) is 23.7 Å². The first-order valence-corrected chi connectivity index (χ1v) is 11.4. The summed E-state index contributed by atoms with van der Waals surface area (Å²) in [6, 6.07) is 10.6. The summed E-state index contributed by atoms with van der Waals surface area (Å²) in [5, 5.41) is 0. The van der Waals surface area contributed by atoms with Crippen molar-refractivity contribution in [2.75, 3.05) is 40.4 Å². The molecule has 0 saturated carbocycles. The lowest BCUT2D eigenvalue weighted by atomic mass is 10.1. The second kappa shape index (κ2) is 12.5. The van der Waals surface area contributed by atoms with Crippen molar-refractivity contribution in [1.29, 1.82) is 0 Å². The quantitative estimate of drug-likeness (QED) is 0.276. The number of benzene rings is 2. The number of hydrogen-bond donors (Lipinski definition) is 0. The van der Waals surface area contributed by atoms with Crippen LogP contribution in [0.5, 0.6) is 28.9 Å². The van der Waals surface area contributed by atoms with E-state index in [2.05, 4.69) is 9.97 Å². The summed E-state index contributed by atoms with van der Waals surface area (Å²) in [4.78, 5) is 10.3. The lowest BCUT2D eigenvalue weighted by Gasteiger charge is -2.26. The van der Waals surface area contributed by atoms with Crippen LogP contribution in [0.25, 0.3) is 0 Å². The molecule has 0 atom stereocenters. The van der Waals surface area contributed by atoms with Gasteiger partial charge >= 0.3 is 12.3 Å². The van der Waals surface area contributed by atoms with Crippen molar-refractivity contribution in [3.8, 4) is 28.9 Å². The van der Waals surface area contributed by atoms with Crippen molar-refractivity contribution in [2.45, 2.75) is 31.9 Å². The molecule has 3 rings (SSSR count). The van der Waals surface area contributed by atoms with Gasteiger partial charge in [-0.1, -0.05) is 0 Å². The molecule has 3 aromatic rings. The first-order chi connectivity index (χ1) is 18.1. The van der Waals surface area contributed by atoms with E-state index < -0.39 is 18.8 Å². The molecule has 0 bridgehead atoms. The minimum absolute atomic E-state index is 0.113. The van der Waals surface area contributed by atoms with E-state index in [0.29, 0.717) is 23.0 Å². The van der Waals surface area contributed by atoms with Crippen LogP contribution >= 0.6 is 0 Å². The van der Waals surface area contributed by atoms with E-state index in [0.717, 1.165) is 17.3 Å². The van der Waals surface area contributed by atoms with Gasteiger partial charge < -0.3 is 28.6 Å². The monoisotopic (exact) mass is 539 g/mol. The summed E-state index contributed by atoms with van der Waals surface area (Å²) in [6.07, 6.45) is -4.04. The average Bonchev–Trinajstić information content (AvgIpc) is 2.92. The Hall–Kier alpha value is -3.96.